The van der Waals surface area contributed by atoms with Gasteiger partial charge in [-0.25, -0.2) is 0 Å². The number of nitrogens with one attached hydrogen (secondary N) is 1. The maximum absolute atomic E-state index is 9.62. The van der Waals surface area contributed by atoms with Crippen LogP contribution in [0.3, 0.4) is 0 Å². The van der Waals surface area contributed by atoms with Gasteiger partial charge in [0.15, 0.2) is 11.9 Å². The van der Waals surface area contributed by atoms with Crippen molar-refractivity contribution in [3.63, 3.8) is 0 Å². The molecule has 1 aromatic heterocycles. The van der Waals surface area contributed by atoms with Crippen LogP contribution in [-0.4, -0.2) is 20.3 Å². The fourth-order valence-electron chi connectivity index (χ4n) is 3.23. The Balaban J connectivity index is 1.50. The molecule has 0 fully saturated rings. The van der Waals surface area contributed by atoms with E-state index in [9.17, 15) is 5.11 Å². The molecule has 6 nitrogen and oxygen atoms in total. The fraction of sp³-hybridized carbons (Fsp3) is 0.0870. The van der Waals surface area contributed by atoms with Gasteiger partial charge in [0.25, 0.3) is 0 Å². The zero-order valence-corrected chi connectivity index (χ0v) is 16.7. The van der Waals surface area contributed by atoms with Crippen LogP contribution in [0.5, 0.6) is 11.6 Å². The number of fused-ring (bicyclic) bond motifs is 3. The zero-order valence-electron chi connectivity index (χ0n) is 15.9. The van der Waals surface area contributed by atoms with Crippen LogP contribution >= 0.6 is 11.8 Å². The molecule has 0 spiro atoms. The minimum Gasteiger partial charge on any atom is -0.508 e. The third kappa shape index (κ3) is 3.79. The van der Waals surface area contributed by atoms with E-state index >= 15 is 0 Å². The molecule has 1 atom stereocenters. The van der Waals surface area contributed by atoms with Crippen molar-refractivity contribution in [1.82, 2.24) is 15.2 Å². The van der Waals surface area contributed by atoms with Crippen molar-refractivity contribution in [3.8, 4) is 22.9 Å². The number of phenolic OH excluding ortho intramolecular Hbond substituents is 1. The highest BCUT2D eigenvalue weighted by atomic mass is 32.2. The highest BCUT2D eigenvalue weighted by molar-refractivity contribution is 7.98. The summed E-state index contributed by atoms with van der Waals surface area (Å²) >= 11 is 1.52. The van der Waals surface area contributed by atoms with Crippen LogP contribution in [0.15, 0.2) is 84.0 Å². The second-order valence-electron chi connectivity index (χ2n) is 6.80. The van der Waals surface area contributed by atoms with Crippen molar-refractivity contribution in [3.05, 3.63) is 90.0 Å². The molecule has 1 aliphatic rings. The number of rotatable bonds is 4. The molecule has 3 aromatic carbocycles. The number of hydrogen-bond donors (Lipinski definition) is 2. The quantitative estimate of drug-likeness (QED) is 0.453. The first-order valence-electron chi connectivity index (χ1n) is 9.49. The standard InChI is InChI=1S/C23H18N4O2S/c28-17-12-10-16(11-13-17)21-24-19-9-5-4-8-18(19)20-22(29-21)25-23(27-26-20)30-14-15-6-2-1-3-7-15/h1-13,21,24,28H,14H2/t21-/m1/s1. The van der Waals surface area contributed by atoms with Crippen molar-refractivity contribution >= 4 is 17.4 Å². The van der Waals surface area contributed by atoms with Crippen LogP contribution in [0.2, 0.25) is 0 Å². The molecule has 0 bridgehead atoms. The monoisotopic (exact) mass is 414 g/mol. The van der Waals surface area contributed by atoms with E-state index < -0.39 is 6.23 Å². The molecule has 7 heteroatoms. The van der Waals surface area contributed by atoms with Gasteiger partial charge in [0.05, 0.1) is 0 Å². The summed E-state index contributed by atoms with van der Waals surface area (Å²) in [5, 5.41) is 22.3. The molecular formula is C23H18N4O2S. The number of aromatic hydroxyl groups is 1. The van der Waals surface area contributed by atoms with Gasteiger partial charge in [-0.15, -0.1) is 10.2 Å². The van der Waals surface area contributed by atoms with Gasteiger partial charge >= 0.3 is 0 Å². The maximum Gasteiger partial charge on any atom is 0.247 e. The SMILES string of the molecule is Oc1ccc([C@@H]2Nc3ccccc3-c3nnc(SCc4ccccc4)nc3O2)cc1. The number of nitrogens with zero attached hydrogens (tertiary/aromatic N) is 3. The highest BCUT2D eigenvalue weighted by Crippen LogP contribution is 2.39. The average molecular weight is 414 g/mol. The predicted octanol–water partition coefficient (Wildman–Crippen LogP) is 5.04. The smallest absolute Gasteiger partial charge is 0.247 e. The summed E-state index contributed by atoms with van der Waals surface area (Å²) in [6.07, 6.45) is -0.475. The van der Waals surface area contributed by atoms with Crippen molar-refractivity contribution in [2.24, 2.45) is 0 Å². The number of ether oxygens (including phenoxy) is 1. The summed E-state index contributed by atoms with van der Waals surface area (Å²) < 4.78 is 6.24. The lowest BCUT2D eigenvalue weighted by Crippen LogP contribution is -2.17. The first-order valence-corrected chi connectivity index (χ1v) is 10.5. The van der Waals surface area contributed by atoms with Crippen LogP contribution in [-0.2, 0) is 5.75 Å². The summed E-state index contributed by atoms with van der Waals surface area (Å²) in [5.41, 5.74) is 4.43. The summed E-state index contributed by atoms with van der Waals surface area (Å²) in [6, 6.07) is 24.9. The van der Waals surface area contributed by atoms with E-state index in [1.54, 1.807) is 12.1 Å². The number of aromatic nitrogens is 3. The van der Waals surface area contributed by atoms with Gasteiger partial charge in [-0.05, 0) is 35.9 Å². The van der Waals surface area contributed by atoms with Crippen LogP contribution in [0.25, 0.3) is 11.3 Å². The molecular weight excluding hydrogens is 396 g/mol. The molecule has 0 aliphatic carbocycles. The molecule has 2 heterocycles. The Kier molecular flexibility index (Phi) is 4.94. The molecule has 0 saturated heterocycles. The van der Waals surface area contributed by atoms with Crippen molar-refractivity contribution in [2.45, 2.75) is 17.1 Å². The lowest BCUT2D eigenvalue weighted by atomic mass is 10.1. The molecule has 5 rings (SSSR count). The second kappa shape index (κ2) is 8.04. The summed E-state index contributed by atoms with van der Waals surface area (Å²) in [4.78, 5) is 4.66. The third-order valence-corrected chi connectivity index (χ3v) is 5.65. The van der Waals surface area contributed by atoms with Crippen molar-refractivity contribution in [2.75, 3.05) is 5.32 Å². The Labute approximate surface area is 178 Å². The number of benzene rings is 3. The Morgan fingerprint density at radius 2 is 1.67 bits per heavy atom. The lowest BCUT2D eigenvalue weighted by Gasteiger charge is -2.19. The van der Waals surface area contributed by atoms with Gasteiger partial charge in [-0.2, -0.15) is 4.98 Å². The molecule has 148 valence electrons. The summed E-state index contributed by atoms with van der Waals surface area (Å²) in [6.45, 7) is 0. The average Bonchev–Trinajstić information content (AvgIpc) is 2.95. The number of phenols is 1. The minimum absolute atomic E-state index is 0.205. The first kappa shape index (κ1) is 18.4. The third-order valence-electron chi connectivity index (χ3n) is 4.74. The van der Waals surface area contributed by atoms with E-state index in [2.05, 4.69) is 32.6 Å². The largest absolute Gasteiger partial charge is 0.508 e. The van der Waals surface area contributed by atoms with E-state index in [0.29, 0.717) is 16.7 Å². The predicted molar refractivity (Wildman–Crippen MR) is 116 cm³/mol. The maximum atomic E-state index is 9.62. The zero-order chi connectivity index (χ0) is 20.3. The normalized spacial score (nSPS) is 14.6. The topological polar surface area (TPSA) is 80.2 Å². The fourth-order valence-corrected chi connectivity index (χ4v) is 3.96. The van der Waals surface area contributed by atoms with E-state index in [4.69, 9.17) is 4.74 Å². The van der Waals surface area contributed by atoms with Crippen LogP contribution in [0.1, 0.15) is 17.4 Å². The van der Waals surface area contributed by atoms with Gasteiger partial charge in [0.1, 0.15) is 5.75 Å². The summed E-state index contributed by atoms with van der Waals surface area (Å²) in [7, 11) is 0. The van der Waals surface area contributed by atoms with E-state index in [1.807, 2.05) is 54.6 Å². The van der Waals surface area contributed by atoms with Gasteiger partial charge in [-0.1, -0.05) is 60.3 Å². The second-order valence-corrected chi connectivity index (χ2v) is 7.74. The number of hydrogen-bond acceptors (Lipinski definition) is 7. The minimum atomic E-state index is -0.475. The first-order chi connectivity index (χ1) is 14.8. The molecule has 0 amide bonds. The van der Waals surface area contributed by atoms with Gasteiger partial charge in [0, 0.05) is 22.6 Å². The molecule has 2 N–H and O–H groups in total. The number of anilines is 1. The Morgan fingerprint density at radius 3 is 2.50 bits per heavy atom. The van der Waals surface area contributed by atoms with Crippen LogP contribution in [0, 0.1) is 0 Å². The highest BCUT2D eigenvalue weighted by Gasteiger charge is 2.26. The molecule has 1 aliphatic heterocycles. The lowest BCUT2D eigenvalue weighted by molar-refractivity contribution is 0.225. The van der Waals surface area contributed by atoms with Gasteiger partial charge < -0.3 is 15.2 Å². The Hall–Kier alpha value is -3.58. The Bertz CT molecular complexity index is 1170. The van der Waals surface area contributed by atoms with E-state index in [-0.39, 0.29) is 5.75 Å². The van der Waals surface area contributed by atoms with Gasteiger partial charge in [0.2, 0.25) is 11.0 Å². The van der Waals surface area contributed by atoms with Crippen LogP contribution in [0.4, 0.5) is 5.69 Å². The molecule has 0 radical (unpaired) electrons. The molecule has 0 saturated carbocycles. The molecule has 4 aromatic rings. The number of para-hydroxylation sites is 1. The van der Waals surface area contributed by atoms with Crippen molar-refractivity contribution in [1.29, 1.82) is 0 Å². The molecule has 30 heavy (non-hydrogen) atoms. The summed E-state index contributed by atoms with van der Waals surface area (Å²) in [5.74, 6) is 1.38. The van der Waals surface area contributed by atoms with E-state index in [1.165, 1.54) is 17.3 Å². The van der Waals surface area contributed by atoms with Crippen molar-refractivity contribution < 1.29 is 9.84 Å². The number of thioether (sulfide) groups is 1. The van der Waals surface area contributed by atoms with Crippen LogP contribution < -0.4 is 10.1 Å². The Morgan fingerprint density at radius 1 is 0.900 bits per heavy atom. The van der Waals surface area contributed by atoms with Gasteiger partial charge in [-0.3, -0.25) is 0 Å². The van der Waals surface area contributed by atoms with E-state index in [0.717, 1.165) is 22.6 Å². The molecule has 0 unspecified atom stereocenters.